The van der Waals surface area contributed by atoms with E-state index in [1.54, 1.807) is 18.2 Å². The fourth-order valence-corrected chi connectivity index (χ4v) is 1.99. The summed E-state index contributed by atoms with van der Waals surface area (Å²) in [4.78, 5) is 31.1. The summed E-state index contributed by atoms with van der Waals surface area (Å²) in [6.45, 7) is 1.94. The third kappa shape index (κ3) is 3.73. The summed E-state index contributed by atoms with van der Waals surface area (Å²) in [6, 6.07) is 6.77. The van der Waals surface area contributed by atoms with Gasteiger partial charge in [-0.25, -0.2) is 4.98 Å². The standard InChI is InChI=1S/C16H14N4O2/c1-2-14-13(5-12(10-21)9-18-14)6-16(22)20-15-4-3-11(7-17)8-19-15/h3-5,8-10H,2,6H2,1H3,(H,19,20,22). The Morgan fingerprint density at radius 2 is 2.18 bits per heavy atom. The predicted octanol–water partition coefficient (Wildman–Crippen LogP) is 1.90. The van der Waals surface area contributed by atoms with Crippen molar-refractivity contribution in [3.05, 3.63) is 53.0 Å². The van der Waals surface area contributed by atoms with Gasteiger partial charge < -0.3 is 5.32 Å². The minimum absolute atomic E-state index is 0.111. The highest BCUT2D eigenvalue weighted by molar-refractivity contribution is 5.91. The minimum atomic E-state index is -0.253. The van der Waals surface area contributed by atoms with Crippen molar-refractivity contribution in [1.82, 2.24) is 9.97 Å². The smallest absolute Gasteiger partial charge is 0.230 e. The van der Waals surface area contributed by atoms with Crippen molar-refractivity contribution in [2.45, 2.75) is 19.8 Å². The molecule has 0 unspecified atom stereocenters. The van der Waals surface area contributed by atoms with Gasteiger partial charge in [-0.05, 0) is 30.2 Å². The molecule has 0 spiro atoms. The van der Waals surface area contributed by atoms with Gasteiger partial charge in [0, 0.05) is 23.7 Å². The van der Waals surface area contributed by atoms with Gasteiger partial charge in [-0.3, -0.25) is 14.6 Å². The molecular weight excluding hydrogens is 280 g/mol. The van der Waals surface area contributed by atoms with Crippen LogP contribution in [0.1, 0.15) is 34.1 Å². The fourth-order valence-electron chi connectivity index (χ4n) is 1.99. The van der Waals surface area contributed by atoms with Crippen molar-refractivity contribution in [1.29, 1.82) is 5.26 Å². The first kappa shape index (κ1) is 15.3. The van der Waals surface area contributed by atoms with Gasteiger partial charge in [0.05, 0.1) is 12.0 Å². The van der Waals surface area contributed by atoms with Crippen LogP contribution in [0.2, 0.25) is 0 Å². The minimum Gasteiger partial charge on any atom is -0.310 e. The number of aldehydes is 1. The molecule has 2 rings (SSSR count). The van der Waals surface area contributed by atoms with Gasteiger partial charge in [-0.2, -0.15) is 5.26 Å². The number of carbonyl (C=O) groups excluding carboxylic acids is 2. The maximum Gasteiger partial charge on any atom is 0.230 e. The molecule has 6 heteroatoms. The Balaban J connectivity index is 2.11. The van der Waals surface area contributed by atoms with Gasteiger partial charge in [0.1, 0.15) is 11.9 Å². The van der Waals surface area contributed by atoms with E-state index in [2.05, 4.69) is 15.3 Å². The lowest BCUT2D eigenvalue weighted by molar-refractivity contribution is -0.115. The summed E-state index contributed by atoms with van der Waals surface area (Å²) in [5, 5.41) is 11.4. The van der Waals surface area contributed by atoms with Gasteiger partial charge in [0.25, 0.3) is 0 Å². The maximum absolute atomic E-state index is 12.1. The molecular formula is C16H14N4O2. The summed E-state index contributed by atoms with van der Waals surface area (Å²) in [6.07, 6.45) is 4.38. The fraction of sp³-hybridized carbons (Fsp3) is 0.188. The number of aromatic nitrogens is 2. The second-order valence-electron chi connectivity index (χ2n) is 4.61. The molecule has 1 N–H and O–H groups in total. The van der Waals surface area contributed by atoms with E-state index in [4.69, 9.17) is 5.26 Å². The van der Waals surface area contributed by atoms with Gasteiger partial charge in [0.2, 0.25) is 5.91 Å². The highest BCUT2D eigenvalue weighted by atomic mass is 16.1. The van der Waals surface area contributed by atoms with Crippen LogP contribution in [0, 0.1) is 11.3 Å². The molecule has 0 aliphatic carbocycles. The Kier molecular flexibility index (Phi) is 4.94. The Hall–Kier alpha value is -3.07. The summed E-state index contributed by atoms with van der Waals surface area (Å²) in [5.74, 6) is 0.123. The largest absolute Gasteiger partial charge is 0.310 e. The average molecular weight is 294 g/mol. The zero-order chi connectivity index (χ0) is 15.9. The van der Waals surface area contributed by atoms with Gasteiger partial charge >= 0.3 is 0 Å². The second-order valence-corrected chi connectivity index (χ2v) is 4.61. The number of carbonyl (C=O) groups is 2. The van der Waals surface area contributed by atoms with Crippen LogP contribution in [0.4, 0.5) is 5.82 Å². The lowest BCUT2D eigenvalue weighted by Crippen LogP contribution is -2.16. The first-order chi connectivity index (χ1) is 10.7. The molecule has 22 heavy (non-hydrogen) atoms. The van der Waals surface area contributed by atoms with E-state index in [-0.39, 0.29) is 12.3 Å². The maximum atomic E-state index is 12.1. The van der Waals surface area contributed by atoms with Crippen LogP contribution >= 0.6 is 0 Å². The zero-order valence-corrected chi connectivity index (χ0v) is 12.0. The van der Waals surface area contributed by atoms with Crippen LogP contribution < -0.4 is 5.32 Å². The molecule has 2 aromatic rings. The molecule has 0 bridgehead atoms. The highest BCUT2D eigenvalue weighted by Crippen LogP contribution is 2.11. The number of rotatable bonds is 5. The number of nitrogens with one attached hydrogen (secondary N) is 1. The van der Waals surface area contributed by atoms with E-state index in [0.29, 0.717) is 29.7 Å². The number of hydrogen-bond donors (Lipinski definition) is 1. The number of amides is 1. The Bertz CT molecular complexity index is 733. The highest BCUT2D eigenvalue weighted by Gasteiger charge is 2.10. The Labute approximate surface area is 127 Å². The van der Waals surface area contributed by atoms with Crippen LogP contribution in [0.15, 0.2) is 30.6 Å². The van der Waals surface area contributed by atoms with Crippen molar-refractivity contribution in [2.75, 3.05) is 5.32 Å². The van der Waals surface area contributed by atoms with E-state index in [1.165, 1.54) is 12.4 Å². The van der Waals surface area contributed by atoms with Crippen LogP contribution in [0.3, 0.4) is 0 Å². The first-order valence-electron chi connectivity index (χ1n) is 6.75. The third-order valence-corrected chi connectivity index (χ3v) is 3.06. The van der Waals surface area contributed by atoms with Crippen LogP contribution in [-0.4, -0.2) is 22.2 Å². The van der Waals surface area contributed by atoms with Crippen LogP contribution in [-0.2, 0) is 17.6 Å². The molecule has 0 fully saturated rings. The lowest BCUT2D eigenvalue weighted by atomic mass is 10.1. The van der Waals surface area contributed by atoms with Crippen molar-refractivity contribution >= 4 is 18.0 Å². The molecule has 0 saturated carbocycles. The van der Waals surface area contributed by atoms with E-state index < -0.39 is 0 Å². The molecule has 0 radical (unpaired) electrons. The summed E-state index contributed by atoms with van der Waals surface area (Å²) >= 11 is 0. The topological polar surface area (TPSA) is 95.7 Å². The summed E-state index contributed by atoms with van der Waals surface area (Å²) in [5.41, 5.74) is 2.37. The molecule has 0 aromatic carbocycles. The summed E-state index contributed by atoms with van der Waals surface area (Å²) in [7, 11) is 0. The molecule has 0 aliphatic heterocycles. The molecule has 0 atom stereocenters. The van der Waals surface area contributed by atoms with Gasteiger partial charge in [-0.15, -0.1) is 0 Å². The molecule has 1 amide bonds. The van der Waals surface area contributed by atoms with Gasteiger partial charge in [-0.1, -0.05) is 6.92 Å². The normalized spacial score (nSPS) is 9.82. The average Bonchev–Trinajstić information content (AvgIpc) is 2.55. The SMILES string of the molecule is CCc1ncc(C=O)cc1CC(=O)Nc1ccc(C#N)cn1. The monoisotopic (exact) mass is 294 g/mol. The first-order valence-corrected chi connectivity index (χ1v) is 6.75. The lowest BCUT2D eigenvalue weighted by Gasteiger charge is -2.08. The Morgan fingerprint density at radius 3 is 2.77 bits per heavy atom. The Morgan fingerprint density at radius 1 is 1.36 bits per heavy atom. The van der Waals surface area contributed by atoms with Crippen LogP contribution in [0.5, 0.6) is 0 Å². The zero-order valence-electron chi connectivity index (χ0n) is 12.0. The quantitative estimate of drug-likeness (QED) is 0.850. The van der Waals surface area contributed by atoms with Gasteiger partial charge in [0.15, 0.2) is 6.29 Å². The number of nitriles is 1. The van der Waals surface area contributed by atoms with Crippen LogP contribution in [0.25, 0.3) is 0 Å². The molecule has 2 aromatic heterocycles. The second kappa shape index (κ2) is 7.09. The van der Waals surface area contributed by atoms with E-state index in [1.807, 2.05) is 13.0 Å². The van der Waals surface area contributed by atoms with Crippen molar-refractivity contribution in [3.63, 3.8) is 0 Å². The molecule has 2 heterocycles. The number of nitrogens with zero attached hydrogens (tertiary/aromatic N) is 3. The predicted molar refractivity (Wildman–Crippen MR) is 80.3 cm³/mol. The number of aryl methyl sites for hydroxylation is 1. The van der Waals surface area contributed by atoms with Crippen molar-refractivity contribution in [3.8, 4) is 6.07 Å². The number of anilines is 1. The number of pyridine rings is 2. The van der Waals surface area contributed by atoms with Crippen molar-refractivity contribution in [2.24, 2.45) is 0 Å². The third-order valence-electron chi connectivity index (χ3n) is 3.06. The molecule has 6 nitrogen and oxygen atoms in total. The number of hydrogen-bond acceptors (Lipinski definition) is 5. The van der Waals surface area contributed by atoms with E-state index in [0.717, 1.165) is 11.3 Å². The summed E-state index contributed by atoms with van der Waals surface area (Å²) < 4.78 is 0. The molecule has 110 valence electrons. The van der Waals surface area contributed by atoms with Crippen molar-refractivity contribution < 1.29 is 9.59 Å². The molecule has 0 saturated heterocycles. The van der Waals surface area contributed by atoms with E-state index >= 15 is 0 Å². The molecule has 0 aliphatic rings. The van der Waals surface area contributed by atoms with E-state index in [9.17, 15) is 9.59 Å².